The molecule has 0 aliphatic rings. The van der Waals surface area contributed by atoms with E-state index in [1.807, 2.05) is 0 Å². The Morgan fingerprint density at radius 1 is 0.299 bits per heavy atom. The van der Waals surface area contributed by atoms with E-state index in [0.29, 0.717) is 25.7 Å². The Balaban J connectivity index is 5.18. The second-order valence-corrected chi connectivity index (χ2v) is 32.2. The van der Waals surface area contributed by atoms with Crippen molar-refractivity contribution in [1.82, 2.24) is 0 Å². The molecule has 0 bridgehead atoms. The van der Waals surface area contributed by atoms with Crippen LogP contribution in [0.3, 0.4) is 0 Å². The topological polar surface area (TPSA) is 237 Å². The number of aliphatic hydroxyl groups excluding tert-OH is 1. The normalized spacial score (nSPS) is 14.3. The van der Waals surface area contributed by atoms with Crippen molar-refractivity contribution >= 4 is 39.5 Å². The van der Waals surface area contributed by atoms with Gasteiger partial charge in [0.15, 0.2) is 12.2 Å². The van der Waals surface area contributed by atoms with Gasteiger partial charge in [-0.15, -0.1) is 0 Å². The highest BCUT2D eigenvalue weighted by molar-refractivity contribution is 7.47. The molecule has 6 atom stereocenters. The summed E-state index contributed by atoms with van der Waals surface area (Å²) < 4.78 is 68.5. The van der Waals surface area contributed by atoms with Gasteiger partial charge in [0, 0.05) is 25.7 Å². The average Bonchev–Trinajstić information content (AvgIpc) is 2.73. The molecule has 3 N–H and O–H groups in total. The minimum atomic E-state index is -4.96. The summed E-state index contributed by atoms with van der Waals surface area (Å²) in [6.45, 7) is 11.9. The fourth-order valence-electron chi connectivity index (χ4n) is 11.9. The van der Waals surface area contributed by atoms with Crippen LogP contribution >= 0.6 is 15.6 Å². The van der Waals surface area contributed by atoms with Crippen molar-refractivity contribution in [1.29, 1.82) is 0 Å². The number of carbonyl (C=O) groups excluding carboxylic acids is 4. The highest BCUT2D eigenvalue weighted by Crippen LogP contribution is 2.45. The molecular weight excluding hydrogens is 1270 g/mol. The SMILES string of the molecule is CCCCCCCCCC(=O)OC[C@H](COP(=O)(O)OC[C@H](O)COP(=O)(O)OC[C@@H](COC(=O)CCCCCCCCCCCCCCC(C)C)OC(=O)CCCCCCCCCCCCCCCCCCCCC(C)C)OC(=O)CCCCCCCCCCCCC(C)CC. The fraction of sp³-hybridized carbons (Fsp3) is 0.949. The van der Waals surface area contributed by atoms with Crippen LogP contribution in [0.2, 0.25) is 0 Å². The van der Waals surface area contributed by atoms with Gasteiger partial charge in [0.2, 0.25) is 0 Å². The smallest absolute Gasteiger partial charge is 0.462 e. The molecule has 0 rings (SSSR count). The fourth-order valence-corrected chi connectivity index (χ4v) is 13.5. The van der Waals surface area contributed by atoms with E-state index >= 15 is 0 Å². The van der Waals surface area contributed by atoms with E-state index in [-0.39, 0.29) is 25.7 Å². The first-order valence-corrected chi connectivity index (χ1v) is 43.4. The number of ether oxygens (including phenoxy) is 4. The number of phosphoric acid groups is 2. The van der Waals surface area contributed by atoms with Gasteiger partial charge in [-0.3, -0.25) is 37.3 Å². The third-order valence-corrected chi connectivity index (χ3v) is 20.4. The third kappa shape index (κ3) is 70.9. The van der Waals surface area contributed by atoms with E-state index in [0.717, 1.165) is 120 Å². The number of hydrogen-bond acceptors (Lipinski definition) is 15. The van der Waals surface area contributed by atoms with Gasteiger partial charge in [0.05, 0.1) is 26.4 Å². The van der Waals surface area contributed by atoms with Crippen LogP contribution in [0.1, 0.15) is 402 Å². The van der Waals surface area contributed by atoms with Gasteiger partial charge in [-0.25, -0.2) is 9.13 Å². The van der Waals surface area contributed by atoms with Crippen LogP contribution in [0.4, 0.5) is 0 Å². The second kappa shape index (κ2) is 68.5. The minimum absolute atomic E-state index is 0.106. The molecule has 0 aromatic carbocycles. The molecule has 0 aromatic heterocycles. The molecule has 0 saturated heterocycles. The molecule has 3 unspecified atom stereocenters. The lowest BCUT2D eigenvalue weighted by Crippen LogP contribution is -2.30. The second-order valence-electron chi connectivity index (χ2n) is 29.3. The van der Waals surface area contributed by atoms with E-state index in [2.05, 4.69) is 48.5 Å². The van der Waals surface area contributed by atoms with Crippen LogP contribution in [0, 0.1) is 17.8 Å². The third-order valence-electron chi connectivity index (χ3n) is 18.5. The molecule has 0 spiro atoms. The van der Waals surface area contributed by atoms with E-state index in [4.69, 9.17) is 37.0 Å². The molecule has 0 aliphatic heterocycles. The maximum atomic E-state index is 13.1. The summed E-state index contributed by atoms with van der Waals surface area (Å²) in [6, 6.07) is 0. The van der Waals surface area contributed by atoms with Gasteiger partial charge in [-0.05, 0) is 43.4 Å². The molecule has 0 radical (unpaired) electrons. The maximum Gasteiger partial charge on any atom is 0.472 e. The zero-order valence-electron chi connectivity index (χ0n) is 63.5. The summed E-state index contributed by atoms with van der Waals surface area (Å²) in [7, 11) is -9.91. The molecule has 97 heavy (non-hydrogen) atoms. The van der Waals surface area contributed by atoms with Crippen molar-refractivity contribution in [3.8, 4) is 0 Å². The highest BCUT2D eigenvalue weighted by Gasteiger charge is 2.30. The highest BCUT2D eigenvalue weighted by atomic mass is 31.2. The van der Waals surface area contributed by atoms with Crippen molar-refractivity contribution in [2.75, 3.05) is 39.6 Å². The maximum absolute atomic E-state index is 13.1. The van der Waals surface area contributed by atoms with Gasteiger partial charge in [0.25, 0.3) is 0 Å². The van der Waals surface area contributed by atoms with E-state index in [1.54, 1.807) is 0 Å². The standard InChI is InChI=1S/C78H152O17P2/c1-8-10-11-12-35-45-52-59-75(80)88-65-73(94-78(83)62-55-48-41-34-28-27-31-38-44-51-58-71(7)9-2)67-92-96(84,85)90-63-72(79)64-91-97(86,87)93-68-74(66-89-76(81)60-53-46-39-32-25-22-21-24-30-37-43-50-57-70(5)6)95-77(82)61-54-47-40-33-26-20-18-16-14-13-15-17-19-23-29-36-42-49-56-69(3)4/h69-74,79H,8-68H2,1-7H3,(H,84,85)(H,86,87)/t71?,72-,73+,74+/m0/s1. The molecule has 19 heteroatoms. The van der Waals surface area contributed by atoms with Gasteiger partial charge < -0.3 is 33.8 Å². The number of aliphatic hydroxyl groups is 1. The van der Waals surface area contributed by atoms with Crippen LogP contribution in [-0.4, -0.2) is 96.7 Å². The van der Waals surface area contributed by atoms with Gasteiger partial charge >= 0.3 is 39.5 Å². The first-order chi connectivity index (χ1) is 46.8. The molecule has 0 heterocycles. The number of rotatable bonds is 76. The Labute approximate surface area is 594 Å². The zero-order chi connectivity index (χ0) is 71.6. The van der Waals surface area contributed by atoms with Crippen molar-refractivity contribution in [3.05, 3.63) is 0 Å². The monoisotopic (exact) mass is 1420 g/mol. The van der Waals surface area contributed by atoms with Gasteiger partial charge in [-0.1, -0.05) is 350 Å². The number of hydrogen-bond donors (Lipinski definition) is 3. The lowest BCUT2D eigenvalue weighted by Gasteiger charge is -2.21. The number of phosphoric ester groups is 2. The summed E-state index contributed by atoms with van der Waals surface area (Å²) in [5.74, 6) is 0.286. The van der Waals surface area contributed by atoms with Crippen LogP contribution in [0.25, 0.3) is 0 Å². The van der Waals surface area contributed by atoms with Crippen molar-refractivity contribution in [2.45, 2.75) is 420 Å². The van der Waals surface area contributed by atoms with E-state index in [1.165, 1.54) is 199 Å². The average molecular weight is 1420 g/mol. The van der Waals surface area contributed by atoms with Gasteiger partial charge in [0.1, 0.15) is 19.3 Å². The Hall–Kier alpha value is -1.94. The quantitative estimate of drug-likeness (QED) is 0.0222. The predicted molar refractivity (Wildman–Crippen MR) is 395 cm³/mol. The van der Waals surface area contributed by atoms with Crippen molar-refractivity contribution in [3.63, 3.8) is 0 Å². The predicted octanol–water partition coefficient (Wildman–Crippen LogP) is 23.0. The molecular formula is C78H152O17P2. The Bertz CT molecular complexity index is 1890. The van der Waals surface area contributed by atoms with E-state index < -0.39 is 97.5 Å². The lowest BCUT2D eigenvalue weighted by atomic mass is 9.99. The number of carbonyl (C=O) groups is 4. The largest absolute Gasteiger partial charge is 0.472 e. The number of esters is 4. The van der Waals surface area contributed by atoms with Crippen molar-refractivity contribution in [2.24, 2.45) is 17.8 Å². The molecule has 576 valence electrons. The Morgan fingerprint density at radius 3 is 0.784 bits per heavy atom. The van der Waals surface area contributed by atoms with Crippen LogP contribution in [0.5, 0.6) is 0 Å². The molecule has 0 aliphatic carbocycles. The Kier molecular flexibility index (Phi) is 67.1. The van der Waals surface area contributed by atoms with E-state index in [9.17, 15) is 43.2 Å². The Morgan fingerprint density at radius 2 is 0.526 bits per heavy atom. The van der Waals surface area contributed by atoms with Crippen LogP contribution < -0.4 is 0 Å². The van der Waals surface area contributed by atoms with Crippen LogP contribution in [0.15, 0.2) is 0 Å². The molecule has 0 aromatic rings. The summed E-state index contributed by atoms with van der Waals surface area (Å²) >= 11 is 0. The first-order valence-electron chi connectivity index (χ1n) is 40.4. The summed E-state index contributed by atoms with van der Waals surface area (Å²) in [6.07, 6.45) is 55.6. The van der Waals surface area contributed by atoms with Crippen molar-refractivity contribution < 1.29 is 80.2 Å². The van der Waals surface area contributed by atoms with Crippen LogP contribution in [-0.2, 0) is 65.4 Å². The van der Waals surface area contributed by atoms with Gasteiger partial charge in [-0.2, -0.15) is 0 Å². The lowest BCUT2D eigenvalue weighted by molar-refractivity contribution is -0.161. The first kappa shape index (κ1) is 95.1. The number of unbranched alkanes of at least 4 members (excludes halogenated alkanes) is 43. The molecule has 0 amide bonds. The molecule has 0 saturated carbocycles. The summed E-state index contributed by atoms with van der Waals surface area (Å²) in [5.41, 5.74) is 0. The zero-order valence-corrected chi connectivity index (χ0v) is 65.3. The molecule has 17 nitrogen and oxygen atoms in total. The minimum Gasteiger partial charge on any atom is -0.462 e. The molecule has 0 fully saturated rings. The summed E-state index contributed by atoms with van der Waals surface area (Å²) in [4.78, 5) is 72.7. The summed E-state index contributed by atoms with van der Waals surface area (Å²) in [5, 5.41) is 10.6.